The van der Waals surface area contributed by atoms with Crippen LogP contribution < -0.4 is 0 Å². The smallest absolute Gasteiger partial charge is 0.307 e. The van der Waals surface area contributed by atoms with Crippen molar-refractivity contribution in [2.75, 3.05) is 13.6 Å². The summed E-state index contributed by atoms with van der Waals surface area (Å²) in [6.45, 7) is 3.04. The van der Waals surface area contributed by atoms with E-state index < -0.39 is 5.97 Å². The maximum atomic E-state index is 10.6. The van der Waals surface area contributed by atoms with Gasteiger partial charge in [0.05, 0.1) is 11.4 Å². The Balaban J connectivity index is 2.36. The first-order chi connectivity index (χ1) is 6.59. The molecule has 1 heterocycles. The summed E-state index contributed by atoms with van der Waals surface area (Å²) >= 11 is 1.59. The van der Waals surface area contributed by atoms with Crippen LogP contribution in [0.4, 0.5) is 0 Å². The Bertz CT molecular complexity index is 287. The van der Waals surface area contributed by atoms with E-state index >= 15 is 0 Å². The fourth-order valence-electron chi connectivity index (χ4n) is 1.20. The van der Waals surface area contributed by atoms with E-state index in [-0.39, 0.29) is 5.92 Å². The standard InChI is InChI=1S/C9H14N2O2S/c1-7(9(12)13)4-11(2)5-8-3-10-6-14-8/h3,6-7H,4-5H2,1-2H3,(H,12,13). The van der Waals surface area contributed by atoms with Gasteiger partial charge in [-0.05, 0) is 7.05 Å². The summed E-state index contributed by atoms with van der Waals surface area (Å²) in [6.07, 6.45) is 1.81. The van der Waals surface area contributed by atoms with Crippen molar-refractivity contribution in [3.05, 3.63) is 16.6 Å². The van der Waals surface area contributed by atoms with Crippen LogP contribution in [-0.4, -0.2) is 34.6 Å². The van der Waals surface area contributed by atoms with Gasteiger partial charge < -0.3 is 10.0 Å². The van der Waals surface area contributed by atoms with E-state index in [0.717, 1.165) is 11.4 Å². The molecule has 0 saturated carbocycles. The Morgan fingerprint density at radius 1 is 1.79 bits per heavy atom. The molecule has 0 bridgehead atoms. The molecular weight excluding hydrogens is 200 g/mol. The second-order valence-corrected chi connectivity index (χ2v) is 4.37. The molecule has 0 aromatic carbocycles. The predicted octanol–water partition coefficient (Wildman–Crippen LogP) is 1.30. The number of carboxylic acid groups (broad SMARTS) is 1. The molecule has 78 valence electrons. The van der Waals surface area contributed by atoms with Crippen molar-refractivity contribution in [2.45, 2.75) is 13.5 Å². The molecule has 1 rings (SSSR count). The van der Waals surface area contributed by atoms with Crippen molar-refractivity contribution in [3.63, 3.8) is 0 Å². The molecule has 0 aliphatic carbocycles. The number of hydrogen-bond acceptors (Lipinski definition) is 4. The van der Waals surface area contributed by atoms with Crippen molar-refractivity contribution in [1.29, 1.82) is 0 Å². The molecule has 0 amide bonds. The molecule has 0 aliphatic heterocycles. The van der Waals surface area contributed by atoms with Crippen molar-refractivity contribution < 1.29 is 9.90 Å². The summed E-state index contributed by atoms with van der Waals surface area (Å²) in [4.78, 5) is 17.7. The van der Waals surface area contributed by atoms with E-state index in [1.807, 2.05) is 18.1 Å². The topological polar surface area (TPSA) is 53.4 Å². The molecule has 0 radical (unpaired) electrons. The van der Waals surface area contributed by atoms with Crippen LogP contribution >= 0.6 is 11.3 Å². The molecule has 1 aromatic rings. The van der Waals surface area contributed by atoms with Gasteiger partial charge in [-0.2, -0.15) is 0 Å². The Kier molecular flexibility index (Phi) is 4.03. The lowest BCUT2D eigenvalue weighted by Gasteiger charge is -2.17. The third-order valence-electron chi connectivity index (χ3n) is 1.92. The fraction of sp³-hybridized carbons (Fsp3) is 0.556. The van der Waals surface area contributed by atoms with Gasteiger partial charge in [0, 0.05) is 24.2 Å². The molecule has 0 aliphatic rings. The van der Waals surface area contributed by atoms with E-state index in [1.165, 1.54) is 0 Å². The van der Waals surface area contributed by atoms with Gasteiger partial charge in [-0.15, -0.1) is 11.3 Å². The molecule has 14 heavy (non-hydrogen) atoms. The number of aromatic nitrogens is 1. The number of nitrogens with zero attached hydrogens (tertiary/aromatic N) is 2. The number of aliphatic carboxylic acids is 1. The second kappa shape index (κ2) is 5.07. The number of rotatable bonds is 5. The van der Waals surface area contributed by atoms with Gasteiger partial charge in [-0.1, -0.05) is 6.92 Å². The zero-order valence-corrected chi connectivity index (χ0v) is 9.12. The number of carbonyl (C=O) groups is 1. The summed E-state index contributed by atoms with van der Waals surface area (Å²) in [7, 11) is 1.92. The largest absolute Gasteiger partial charge is 0.481 e. The first-order valence-corrected chi connectivity index (χ1v) is 5.26. The van der Waals surface area contributed by atoms with Gasteiger partial charge >= 0.3 is 5.97 Å². The van der Waals surface area contributed by atoms with E-state index in [4.69, 9.17) is 5.11 Å². The van der Waals surface area contributed by atoms with Crippen LogP contribution in [0.15, 0.2) is 11.7 Å². The van der Waals surface area contributed by atoms with Gasteiger partial charge in [0.25, 0.3) is 0 Å². The highest BCUT2D eigenvalue weighted by molar-refractivity contribution is 7.09. The average Bonchev–Trinajstić information content (AvgIpc) is 2.56. The lowest BCUT2D eigenvalue weighted by molar-refractivity contribution is -0.141. The Morgan fingerprint density at radius 3 is 3.00 bits per heavy atom. The number of hydrogen-bond donors (Lipinski definition) is 1. The molecule has 1 aromatic heterocycles. The Morgan fingerprint density at radius 2 is 2.50 bits per heavy atom. The van der Waals surface area contributed by atoms with Gasteiger partial charge in [0.2, 0.25) is 0 Å². The summed E-state index contributed by atoms with van der Waals surface area (Å²) in [5.74, 6) is -1.07. The molecule has 1 N–H and O–H groups in total. The lowest BCUT2D eigenvalue weighted by atomic mass is 10.2. The first-order valence-electron chi connectivity index (χ1n) is 4.38. The summed E-state index contributed by atoms with van der Waals surface area (Å²) in [5.41, 5.74) is 1.78. The highest BCUT2D eigenvalue weighted by atomic mass is 32.1. The van der Waals surface area contributed by atoms with E-state index in [2.05, 4.69) is 4.98 Å². The summed E-state index contributed by atoms with van der Waals surface area (Å²) in [5, 5.41) is 8.72. The summed E-state index contributed by atoms with van der Waals surface area (Å²) in [6, 6.07) is 0. The molecule has 4 nitrogen and oxygen atoms in total. The number of thiazole rings is 1. The first kappa shape index (κ1) is 11.1. The van der Waals surface area contributed by atoms with Crippen LogP contribution in [0.25, 0.3) is 0 Å². The molecule has 1 unspecified atom stereocenters. The monoisotopic (exact) mass is 214 g/mol. The molecule has 0 saturated heterocycles. The van der Waals surface area contributed by atoms with E-state index in [0.29, 0.717) is 6.54 Å². The molecule has 5 heteroatoms. The second-order valence-electron chi connectivity index (χ2n) is 3.40. The Labute approximate surface area is 87.2 Å². The molecular formula is C9H14N2O2S. The predicted molar refractivity (Wildman–Crippen MR) is 55.2 cm³/mol. The lowest BCUT2D eigenvalue weighted by Crippen LogP contribution is -2.27. The molecule has 0 fully saturated rings. The van der Waals surface area contributed by atoms with Gasteiger partial charge in [-0.25, -0.2) is 0 Å². The minimum atomic E-state index is -0.749. The Hall–Kier alpha value is -0.940. The quantitative estimate of drug-likeness (QED) is 0.802. The van der Waals surface area contributed by atoms with E-state index in [9.17, 15) is 4.79 Å². The van der Waals surface area contributed by atoms with Crippen LogP contribution in [0, 0.1) is 5.92 Å². The maximum absolute atomic E-state index is 10.6. The maximum Gasteiger partial charge on any atom is 0.307 e. The van der Waals surface area contributed by atoms with Crippen molar-refractivity contribution in [1.82, 2.24) is 9.88 Å². The van der Waals surface area contributed by atoms with Gasteiger partial charge in [-0.3, -0.25) is 9.78 Å². The zero-order valence-electron chi connectivity index (χ0n) is 8.30. The zero-order chi connectivity index (χ0) is 10.6. The van der Waals surface area contributed by atoms with Crippen LogP contribution in [0.3, 0.4) is 0 Å². The third-order valence-corrected chi connectivity index (χ3v) is 2.68. The minimum absolute atomic E-state index is 0.326. The minimum Gasteiger partial charge on any atom is -0.481 e. The van der Waals surface area contributed by atoms with Crippen LogP contribution in [-0.2, 0) is 11.3 Å². The molecule has 1 atom stereocenters. The van der Waals surface area contributed by atoms with Crippen molar-refractivity contribution in [3.8, 4) is 0 Å². The van der Waals surface area contributed by atoms with E-state index in [1.54, 1.807) is 23.8 Å². The third kappa shape index (κ3) is 3.43. The highest BCUT2D eigenvalue weighted by Crippen LogP contribution is 2.09. The van der Waals surface area contributed by atoms with Crippen LogP contribution in [0.1, 0.15) is 11.8 Å². The molecule has 0 spiro atoms. The fourth-order valence-corrected chi connectivity index (χ4v) is 1.87. The number of carboxylic acids is 1. The summed E-state index contributed by atoms with van der Waals surface area (Å²) < 4.78 is 0. The van der Waals surface area contributed by atoms with Crippen LogP contribution in [0.5, 0.6) is 0 Å². The average molecular weight is 214 g/mol. The van der Waals surface area contributed by atoms with Gasteiger partial charge in [0.15, 0.2) is 0 Å². The highest BCUT2D eigenvalue weighted by Gasteiger charge is 2.13. The SMILES string of the molecule is CC(CN(C)Cc1cncs1)C(=O)O. The van der Waals surface area contributed by atoms with Crippen molar-refractivity contribution >= 4 is 17.3 Å². The van der Waals surface area contributed by atoms with Crippen molar-refractivity contribution in [2.24, 2.45) is 5.92 Å². The van der Waals surface area contributed by atoms with Crippen LogP contribution in [0.2, 0.25) is 0 Å². The van der Waals surface area contributed by atoms with Gasteiger partial charge in [0.1, 0.15) is 0 Å². The normalized spacial score (nSPS) is 13.1.